The first-order valence-corrected chi connectivity index (χ1v) is 7.36. The number of aliphatic hydroxyl groups excluding tert-OH is 1. The number of aliphatic hydroxyl groups is 1. The average molecular weight is 301 g/mol. The third-order valence-corrected chi connectivity index (χ3v) is 4.13. The minimum Gasteiger partial charge on any atom is -0.389 e. The summed E-state index contributed by atoms with van der Waals surface area (Å²) in [6, 6.07) is 3.62. The monoisotopic (exact) mass is 301 g/mol. The average Bonchev–Trinajstić information content (AvgIpc) is 3.17. The van der Waals surface area contributed by atoms with Crippen molar-refractivity contribution in [1.29, 1.82) is 0 Å². The van der Waals surface area contributed by atoms with Crippen LogP contribution in [0.3, 0.4) is 0 Å². The lowest BCUT2D eigenvalue weighted by Crippen LogP contribution is -2.30. The van der Waals surface area contributed by atoms with E-state index in [2.05, 4.69) is 15.3 Å². The van der Waals surface area contributed by atoms with Gasteiger partial charge in [-0.05, 0) is 17.5 Å². The minimum absolute atomic E-state index is 0.0398. The van der Waals surface area contributed by atoms with Gasteiger partial charge in [-0.15, -0.1) is 5.10 Å². The zero-order valence-electron chi connectivity index (χ0n) is 12.4. The molecule has 0 radical (unpaired) electrons. The van der Waals surface area contributed by atoms with Gasteiger partial charge < -0.3 is 10.0 Å². The van der Waals surface area contributed by atoms with Gasteiger partial charge in [0.1, 0.15) is 0 Å². The van der Waals surface area contributed by atoms with E-state index in [4.69, 9.17) is 0 Å². The van der Waals surface area contributed by atoms with Crippen molar-refractivity contribution >= 4 is 5.91 Å². The fourth-order valence-electron chi connectivity index (χ4n) is 2.80. The summed E-state index contributed by atoms with van der Waals surface area (Å²) in [6.45, 7) is 2.81. The van der Waals surface area contributed by atoms with Gasteiger partial charge in [0.15, 0.2) is 0 Å². The zero-order valence-corrected chi connectivity index (χ0v) is 12.4. The largest absolute Gasteiger partial charge is 0.389 e. The predicted molar refractivity (Wildman–Crippen MR) is 78.9 cm³/mol. The van der Waals surface area contributed by atoms with Crippen molar-refractivity contribution in [2.75, 3.05) is 13.1 Å². The van der Waals surface area contributed by atoms with Gasteiger partial charge in [0.25, 0.3) is 0 Å². The molecule has 3 atom stereocenters. The highest BCUT2D eigenvalue weighted by atomic mass is 16.3. The zero-order chi connectivity index (χ0) is 15.5. The van der Waals surface area contributed by atoms with Gasteiger partial charge >= 0.3 is 0 Å². The first-order valence-electron chi connectivity index (χ1n) is 7.36. The van der Waals surface area contributed by atoms with Crippen molar-refractivity contribution in [1.82, 2.24) is 24.9 Å². The van der Waals surface area contributed by atoms with Crippen LogP contribution in [0.4, 0.5) is 0 Å². The van der Waals surface area contributed by atoms with Crippen LogP contribution in [0.5, 0.6) is 0 Å². The van der Waals surface area contributed by atoms with Crippen LogP contribution in [-0.4, -0.2) is 55.1 Å². The molecule has 1 amide bonds. The van der Waals surface area contributed by atoms with E-state index in [-0.39, 0.29) is 17.9 Å². The Bertz CT molecular complexity index is 616. The predicted octanol–water partition coefficient (Wildman–Crippen LogP) is 0.611. The van der Waals surface area contributed by atoms with Gasteiger partial charge in [-0.1, -0.05) is 18.2 Å². The Kier molecular flexibility index (Phi) is 4.15. The SMILES string of the molecule is CC(CC(=O)N1C[C@@H](O)[C@H](n2ccnn2)C1)c1cccnc1. The van der Waals surface area contributed by atoms with Crippen LogP contribution in [0.25, 0.3) is 0 Å². The van der Waals surface area contributed by atoms with Gasteiger partial charge in [-0.3, -0.25) is 9.78 Å². The van der Waals surface area contributed by atoms with Crippen molar-refractivity contribution in [2.45, 2.75) is 31.4 Å². The number of nitrogens with zero attached hydrogens (tertiary/aromatic N) is 5. The Morgan fingerprint density at radius 3 is 3.00 bits per heavy atom. The number of β-amino-alcohol motifs (C(OH)–C–C–N with tert-alkyl or cyclic N) is 1. The third-order valence-electron chi connectivity index (χ3n) is 4.13. The van der Waals surface area contributed by atoms with Crippen LogP contribution >= 0.6 is 0 Å². The number of hydrogen-bond acceptors (Lipinski definition) is 5. The first-order chi connectivity index (χ1) is 10.6. The van der Waals surface area contributed by atoms with E-state index in [1.165, 1.54) is 0 Å². The van der Waals surface area contributed by atoms with E-state index >= 15 is 0 Å². The van der Waals surface area contributed by atoms with Gasteiger partial charge in [0.2, 0.25) is 5.91 Å². The number of pyridine rings is 1. The molecule has 3 heterocycles. The van der Waals surface area contributed by atoms with Crippen molar-refractivity contribution < 1.29 is 9.90 Å². The van der Waals surface area contributed by atoms with Crippen LogP contribution in [0, 0.1) is 0 Å². The second-order valence-electron chi connectivity index (χ2n) is 5.71. The fraction of sp³-hybridized carbons (Fsp3) is 0.467. The number of likely N-dealkylation sites (tertiary alicyclic amines) is 1. The summed E-state index contributed by atoms with van der Waals surface area (Å²) >= 11 is 0. The summed E-state index contributed by atoms with van der Waals surface area (Å²) in [7, 11) is 0. The Labute approximate surface area is 128 Å². The van der Waals surface area contributed by atoms with Gasteiger partial charge in [0.05, 0.1) is 18.3 Å². The maximum atomic E-state index is 12.4. The molecule has 0 saturated carbocycles. The van der Waals surface area contributed by atoms with Crippen molar-refractivity contribution in [3.63, 3.8) is 0 Å². The molecule has 1 unspecified atom stereocenters. The van der Waals surface area contributed by atoms with Crippen LogP contribution < -0.4 is 0 Å². The molecule has 2 aromatic rings. The van der Waals surface area contributed by atoms with E-state index in [0.717, 1.165) is 5.56 Å². The number of carbonyl (C=O) groups excluding carboxylic acids is 1. The smallest absolute Gasteiger partial charge is 0.223 e. The summed E-state index contributed by atoms with van der Waals surface area (Å²) < 4.78 is 1.61. The molecule has 1 aliphatic rings. The normalized spacial score (nSPS) is 22.7. The highest BCUT2D eigenvalue weighted by molar-refractivity contribution is 5.77. The Morgan fingerprint density at radius 1 is 1.45 bits per heavy atom. The molecule has 0 bridgehead atoms. The number of carbonyl (C=O) groups is 1. The first kappa shape index (κ1) is 14.6. The third kappa shape index (κ3) is 2.99. The van der Waals surface area contributed by atoms with Crippen molar-refractivity contribution in [2.24, 2.45) is 0 Å². The standard InChI is InChI=1S/C15H19N5O2/c1-11(12-3-2-4-16-8-12)7-15(22)19-9-13(14(21)10-19)20-6-5-17-18-20/h2-6,8,11,13-14,21H,7,9-10H2,1H3/t11?,13-,14-/m1/s1. The molecule has 0 aromatic carbocycles. The van der Waals surface area contributed by atoms with E-state index < -0.39 is 6.10 Å². The molecule has 1 saturated heterocycles. The Morgan fingerprint density at radius 2 is 2.32 bits per heavy atom. The summed E-state index contributed by atoms with van der Waals surface area (Å²) in [5.74, 6) is 0.141. The lowest BCUT2D eigenvalue weighted by atomic mass is 9.99. The molecule has 1 N–H and O–H groups in total. The van der Waals surface area contributed by atoms with Crippen LogP contribution in [-0.2, 0) is 4.79 Å². The number of rotatable bonds is 4. The minimum atomic E-state index is -0.612. The van der Waals surface area contributed by atoms with Crippen molar-refractivity contribution in [3.05, 3.63) is 42.5 Å². The summed E-state index contributed by atoms with van der Waals surface area (Å²) in [4.78, 5) is 18.2. The lowest BCUT2D eigenvalue weighted by Gasteiger charge is -2.19. The summed E-state index contributed by atoms with van der Waals surface area (Å²) in [5, 5.41) is 17.8. The lowest BCUT2D eigenvalue weighted by molar-refractivity contribution is -0.130. The second kappa shape index (κ2) is 6.23. The molecule has 7 nitrogen and oxygen atoms in total. The number of aromatic nitrogens is 4. The van der Waals surface area contributed by atoms with Crippen molar-refractivity contribution in [3.8, 4) is 0 Å². The van der Waals surface area contributed by atoms with E-state index in [0.29, 0.717) is 19.5 Å². The molecule has 7 heteroatoms. The quantitative estimate of drug-likeness (QED) is 0.894. The second-order valence-corrected chi connectivity index (χ2v) is 5.71. The molecular formula is C15H19N5O2. The molecule has 22 heavy (non-hydrogen) atoms. The van der Waals surface area contributed by atoms with Crippen LogP contribution in [0.2, 0.25) is 0 Å². The summed E-state index contributed by atoms with van der Waals surface area (Å²) in [6.07, 6.45) is 6.58. The number of hydrogen-bond donors (Lipinski definition) is 1. The highest BCUT2D eigenvalue weighted by Gasteiger charge is 2.35. The number of amides is 1. The molecule has 0 aliphatic carbocycles. The molecular weight excluding hydrogens is 282 g/mol. The van der Waals surface area contributed by atoms with Gasteiger partial charge in [-0.2, -0.15) is 0 Å². The van der Waals surface area contributed by atoms with Gasteiger partial charge in [-0.25, -0.2) is 4.68 Å². The van der Waals surface area contributed by atoms with Crippen LogP contribution in [0.15, 0.2) is 36.9 Å². The molecule has 116 valence electrons. The van der Waals surface area contributed by atoms with E-state index in [1.807, 2.05) is 19.1 Å². The van der Waals surface area contributed by atoms with E-state index in [1.54, 1.807) is 34.4 Å². The fourth-order valence-corrected chi connectivity index (χ4v) is 2.80. The topological polar surface area (TPSA) is 84.1 Å². The molecule has 2 aromatic heterocycles. The van der Waals surface area contributed by atoms with E-state index in [9.17, 15) is 9.90 Å². The van der Waals surface area contributed by atoms with Gasteiger partial charge in [0, 0.05) is 38.1 Å². The molecule has 3 rings (SSSR count). The van der Waals surface area contributed by atoms with Crippen LogP contribution in [0.1, 0.15) is 30.9 Å². The molecule has 1 aliphatic heterocycles. The maximum Gasteiger partial charge on any atom is 0.223 e. The Hall–Kier alpha value is -2.28. The maximum absolute atomic E-state index is 12.4. The molecule has 1 fully saturated rings. The highest BCUT2D eigenvalue weighted by Crippen LogP contribution is 2.25. The Balaban J connectivity index is 1.62. The summed E-state index contributed by atoms with van der Waals surface area (Å²) in [5.41, 5.74) is 1.04. The molecule has 0 spiro atoms.